The molecule has 5 nitrogen and oxygen atoms in total. The topological polar surface area (TPSA) is 65.4 Å². The van der Waals surface area contributed by atoms with Crippen molar-refractivity contribution < 1.29 is 13.9 Å². The fourth-order valence-corrected chi connectivity index (χ4v) is 4.07. The van der Waals surface area contributed by atoms with Crippen molar-refractivity contribution in [1.82, 2.24) is 10.2 Å². The van der Waals surface area contributed by atoms with Crippen LogP contribution in [0.3, 0.4) is 0 Å². The van der Waals surface area contributed by atoms with Crippen LogP contribution < -0.4 is 5.32 Å². The first-order valence-electron chi connectivity index (χ1n) is 8.05. The molecule has 3 fully saturated rings. The number of hydrogen-bond acceptors (Lipinski definition) is 4. The van der Waals surface area contributed by atoms with Crippen molar-refractivity contribution in [2.75, 3.05) is 13.1 Å². The minimum absolute atomic E-state index is 0.0225. The molecule has 120 valence electrons. The van der Waals surface area contributed by atoms with Crippen LogP contribution in [0.25, 0.3) is 0 Å². The van der Waals surface area contributed by atoms with Gasteiger partial charge in [-0.3, -0.25) is 4.79 Å². The predicted molar refractivity (Wildman–Crippen MR) is 79.6 cm³/mol. The Labute approximate surface area is 134 Å². The van der Waals surface area contributed by atoms with E-state index in [4.69, 9.17) is 10.00 Å². The molecule has 4 rings (SSSR count). The largest absolute Gasteiger partial charge is 0.342 e. The standard InChI is InChI=1S/C17H18FN3O2/c18-13-8-11(10-19)7-12(9-13)14-1-2-15-21(14)16(22)17(23-15)3-5-20-6-4-17/h7-9,14-15,20H,1-6H2/t14-,15?/m0/s1. The number of carbonyl (C=O) groups is 1. The summed E-state index contributed by atoms with van der Waals surface area (Å²) in [4.78, 5) is 14.8. The van der Waals surface area contributed by atoms with E-state index < -0.39 is 11.4 Å². The zero-order valence-corrected chi connectivity index (χ0v) is 12.7. The highest BCUT2D eigenvalue weighted by molar-refractivity contribution is 5.88. The number of benzene rings is 1. The molecule has 1 N–H and O–H groups in total. The van der Waals surface area contributed by atoms with E-state index in [0.717, 1.165) is 25.9 Å². The first kappa shape index (κ1) is 14.6. The Morgan fingerprint density at radius 3 is 2.83 bits per heavy atom. The highest BCUT2D eigenvalue weighted by Crippen LogP contribution is 2.47. The van der Waals surface area contributed by atoms with E-state index in [2.05, 4.69) is 5.32 Å². The van der Waals surface area contributed by atoms with Crippen molar-refractivity contribution >= 4 is 5.91 Å². The third-order valence-corrected chi connectivity index (χ3v) is 5.16. The van der Waals surface area contributed by atoms with Crippen molar-refractivity contribution in [3.05, 3.63) is 35.1 Å². The summed E-state index contributed by atoms with van der Waals surface area (Å²) in [7, 11) is 0. The zero-order chi connectivity index (χ0) is 16.0. The van der Waals surface area contributed by atoms with Gasteiger partial charge in [-0.15, -0.1) is 0 Å². The van der Waals surface area contributed by atoms with Crippen LogP contribution in [0.15, 0.2) is 18.2 Å². The molecule has 0 radical (unpaired) electrons. The van der Waals surface area contributed by atoms with E-state index in [1.807, 2.05) is 6.07 Å². The van der Waals surface area contributed by atoms with E-state index in [1.165, 1.54) is 12.1 Å². The fraction of sp³-hybridized carbons (Fsp3) is 0.529. The summed E-state index contributed by atoms with van der Waals surface area (Å²) in [5, 5.41) is 12.3. The van der Waals surface area contributed by atoms with Gasteiger partial charge in [0, 0.05) is 0 Å². The smallest absolute Gasteiger partial charge is 0.257 e. The van der Waals surface area contributed by atoms with Gasteiger partial charge in [0.15, 0.2) is 5.60 Å². The Hall–Kier alpha value is -1.97. The highest BCUT2D eigenvalue weighted by atomic mass is 19.1. The van der Waals surface area contributed by atoms with Gasteiger partial charge in [-0.05, 0) is 62.5 Å². The number of amides is 1. The van der Waals surface area contributed by atoms with Gasteiger partial charge in [0.05, 0.1) is 17.7 Å². The van der Waals surface area contributed by atoms with Crippen LogP contribution in [-0.4, -0.2) is 35.7 Å². The van der Waals surface area contributed by atoms with Gasteiger partial charge < -0.3 is 15.0 Å². The van der Waals surface area contributed by atoms with E-state index in [0.29, 0.717) is 18.4 Å². The SMILES string of the molecule is N#Cc1cc(F)cc([C@@H]2CCC3OC4(CCNCC4)C(=O)N32)c1. The zero-order valence-electron chi connectivity index (χ0n) is 12.7. The van der Waals surface area contributed by atoms with Crippen LogP contribution in [0.2, 0.25) is 0 Å². The Bertz CT molecular complexity index is 694. The molecule has 0 bridgehead atoms. The molecule has 0 saturated carbocycles. The average molecular weight is 315 g/mol. The number of piperidine rings is 1. The molecule has 3 aliphatic heterocycles. The Kier molecular flexibility index (Phi) is 3.36. The molecule has 1 unspecified atom stereocenters. The summed E-state index contributed by atoms with van der Waals surface area (Å²) in [6, 6.07) is 6.09. The van der Waals surface area contributed by atoms with Gasteiger partial charge >= 0.3 is 0 Å². The maximum atomic E-state index is 13.8. The summed E-state index contributed by atoms with van der Waals surface area (Å²) in [6.07, 6.45) is 2.62. The minimum atomic E-state index is -0.708. The van der Waals surface area contributed by atoms with Crippen molar-refractivity contribution in [1.29, 1.82) is 5.26 Å². The van der Waals surface area contributed by atoms with Crippen molar-refractivity contribution in [3.63, 3.8) is 0 Å². The number of carbonyl (C=O) groups excluding carboxylic acids is 1. The second kappa shape index (κ2) is 5.29. The predicted octanol–water partition coefficient (Wildman–Crippen LogP) is 1.84. The third kappa shape index (κ3) is 2.23. The van der Waals surface area contributed by atoms with Crippen molar-refractivity contribution in [3.8, 4) is 6.07 Å². The lowest BCUT2D eigenvalue weighted by Crippen LogP contribution is -2.49. The molecule has 3 heterocycles. The van der Waals surface area contributed by atoms with Crippen LogP contribution in [0.1, 0.15) is 42.9 Å². The molecular weight excluding hydrogens is 297 g/mol. The Morgan fingerprint density at radius 1 is 1.30 bits per heavy atom. The summed E-state index contributed by atoms with van der Waals surface area (Å²) in [6.45, 7) is 1.55. The van der Waals surface area contributed by atoms with Gasteiger partial charge in [-0.25, -0.2) is 4.39 Å². The number of rotatable bonds is 1. The molecule has 0 aliphatic carbocycles. The van der Waals surface area contributed by atoms with Crippen LogP contribution in [0.5, 0.6) is 0 Å². The van der Waals surface area contributed by atoms with Crippen molar-refractivity contribution in [2.45, 2.75) is 43.6 Å². The Balaban J connectivity index is 1.66. The number of nitrogens with one attached hydrogen (secondary N) is 1. The maximum absolute atomic E-state index is 13.8. The second-order valence-electron chi connectivity index (χ2n) is 6.51. The number of hydrogen-bond donors (Lipinski definition) is 1. The summed E-state index contributed by atoms with van der Waals surface area (Å²) in [5.41, 5.74) is 0.263. The molecule has 1 amide bonds. The van der Waals surface area contributed by atoms with Crippen LogP contribution in [-0.2, 0) is 9.53 Å². The number of fused-ring (bicyclic) bond motifs is 1. The average Bonchev–Trinajstić information content (AvgIpc) is 3.07. The monoisotopic (exact) mass is 315 g/mol. The number of nitrogens with zero attached hydrogens (tertiary/aromatic N) is 2. The lowest BCUT2D eigenvalue weighted by Gasteiger charge is -2.32. The molecule has 23 heavy (non-hydrogen) atoms. The molecule has 1 spiro atoms. The summed E-state index contributed by atoms with van der Waals surface area (Å²) in [5.74, 6) is -0.416. The molecule has 1 aromatic carbocycles. The van der Waals surface area contributed by atoms with E-state index in [-0.39, 0.29) is 23.7 Å². The molecular formula is C17H18FN3O2. The van der Waals surface area contributed by atoms with E-state index in [1.54, 1.807) is 11.0 Å². The first-order valence-corrected chi connectivity index (χ1v) is 8.05. The van der Waals surface area contributed by atoms with Crippen LogP contribution >= 0.6 is 0 Å². The summed E-state index contributed by atoms with van der Waals surface area (Å²) < 4.78 is 19.9. The van der Waals surface area contributed by atoms with Crippen molar-refractivity contribution in [2.24, 2.45) is 0 Å². The molecule has 3 saturated heterocycles. The second-order valence-corrected chi connectivity index (χ2v) is 6.51. The summed E-state index contributed by atoms with van der Waals surface area (Å²) >= 11 is 0. The van der Waals surface area contributed by atoms with Gasteiger partial charge in [0.2, 0.25) is 0 Å². The maximum Gasteiger partial charge on any atom is 0.257 e. The third-order valence-electron chi connectivity index (χ3n) is 5.16. The molecule has 2 atom stereocenters. The minimum Gasteiger partial charge on any atom is -0.342 e. The normalized spacial score (nSPS) is 28.9. The number of halogens is 1. The van der Waals surface area contributed by atoms with E-state index >= 15 is 0 Å². The quantitative estimate of drug-likeness (QED) is 0.859. The number of nitriles is 1. The van der Waals surface area contributed by atoms with Crippen LogP contribution in [0, 0.1) is 17.1 Å². The van der Waals surface area contributed by atoms with Gasteiger partial charge in [0.1, 0.15) is 12.0 Å². The van der Waals surface area contributed by atoms with Gasteiger partial charge in [-0.2, -0.15) is 5.26 Å². The Morgan fingerprint density at radius 2 is 2.09 bits per heavy atom. The van der Waals surface area contributed by atoms with Gasteiger partial charge in [-0.1, -0.05) is 0 Å². The highest BCUT2D eigenvalue weighted by Gasteiger charge is 2.57. The van der Waals surface area contributed by atoms with E-state index in [9.17, 15) is 9.18 Å². The fourth-order valence-electron chi connectivity index (χ4n) is 4.07. The number of ether oxygens (including phenoxy) is 1. The first-order chi connectivity index (χ1) is 11.1. The lowest BCUT2D eigenvalue weighted by molar-refractivity contribution is -0.140. The molecule has 1 aromatic rings. The van der Waals surface area contributed by atoms with Gasteiger partial charge in [0.25, 0.3) is 5.91 Å². The molecule has 0 aromatic heterocycles. The lowest BCUT2D eigenvalue weighted by atomic mass is 9.90. The molecule has 6 heteroatoms. The van der Waals surface area contributed by atoms with Crippen LogP contribution in [0.4, 0.5) is 4.39 Å². The molecule has 3 aliphatic rings.